The van der Waals surface area contributed by atoms with Crippen molar-refractivity contribution in [2.24, 2.45) is 5.92 Å². The number of nitro groups is 1. The first kappa shape index (κ1) is 22.2. The summed E-state index contributed by atoms with van der Waals surface area (Å²) in [6.07, 6.45) is 2.20. The Labute approximate surface area is 182 Å². The van der Waals surface area contributed by atoms with Crippen LogP contribution in [0.5, 0.6) is 0 Å². The van der Waals surface area contributed by atoms with Crippen LogP contribution in [0.2, 0.25) is 0 Å². The number of carbonyl (C=O) groups is 2. The number of nitro benzene ring substituents is 1. The zero-order chi connectivity index (χ0) is 21.7. The van der Waals surface area contributed by atoms with Gasteiger partial charge in [-0.25, -0.2) is 4.98 Å². The summed E-state index contributed by atoms with van der Waals surface area (Å²) >= 11 is 2.63. The van der Waals surface area contributed by atoms with E-state index in [1.807, 2.05) is 12.3 Å². The number of nitrogens with zero attached hydrogens (tertiary/aromatic N) is 3. The summed E-state index contributed by atoms with van der Waals surface area (Å²) in [5, 5.41) is 13.5. The molecule has 0 radical (unpaired) electrons. The number of rotatable bonds is 10. The van der Waals surface area contributed by atoms with Gasteiger partial charge in [0.05, 0.1) is 22.8 Å². The van der Waals surface area contributed by atoms with E-state index in [0.29, 0.717) is 28.3 Å². The molecule has 30 heavy (non-hydrogen) atoms. The van der Waals surface area contributed by atoms with Crippen molar-refractivity contribution in [2.75, 3.05) is 19.7 Å². The molecule has 1 aliphatic carbocycles. The molecule has 2 aromatic rings. The number of benzene rings is 1. The first-order valence-electron chi connectivity index (χ1n) is 9.70. The maximum atomic E-state index is 13.1. The predicted molar refractivity (Wildman–Crippen MR) is 114 cm³/mol. The molecule has 0 bridgehead atoms. The van der Waals surface area contributed by atoms with Crippen molar-refractivity contribution in [3.63, 3.8) is 0 Å². The van der Waals surface area contributed by atoms with E-state index in [9.17, 15) is 19.7 Å². The van der Waals surface area contributed by atoms with Crippen molar-refractivity contribution in [1.29, 1.82) is 0 Å². The van der Waals surface area contributed by atoms with Gasteiger partial charge in [-0.1, -0.05) is 11.8 Å². The van der Waals surface area contributed by atoms with E-state index in [0.717, 1.165) is 18.5 Å². The van der Waals surface area contributed by atoms with E-state index in [1.54, 1.807) is 24.0 Å². The number of carbonyl (C=O) groups excluding carboxylic acids is 2. The molecule has 0 N–H and O–H groups in total. The third-order valence-corrected chi connectivity index (χ3v) is 6.67. The number of esters is 1. The van der Waals surface area contributed by atoms with Gasteiger partial charge >= 0.3 is 5.97 Å². The van der Waals surface area contributed by atoms with Crippen LogP contribution in [0.25, 0.3) is 0 Å². The minimum atomic E-state index is -0.483. The molecule has 1 fully saturated rings. The van der Waals surface area contributed by atoms with Gasteiger partial charge in [0, 0.05) is 35.8 Å². The van der Waals surface area contributed by atoms with Crippen molar-refractivity contribution in [3.05, 3.63) is 45.0 Å². The van der Waals surface area contributed by atoms with Gasteiger partial charge in [-0.05, 0) is 44.7 Å². The van der Waals surface area contributed by atoms with E-state index >= 15 is 0 Å². The zero-order valence-electron chi connectivity index (χ0n) is 16.8. The molecule has 1 aromatic heterocycles. The number of aromatic nitrogens is 1. The molecule has 10 heteroatoms. The lowest BCUT2D eigenvalue weighted by Crippen LogP contribution is -2.35. The maximum Gasteiger partial charge on any atom is 0.307 e. The number of hydrogen-bond donors (Lipinski definition) is 0. The van der Waals surface area contributed by atoms with Gasteiger partial charge in [-0.15, -0.1) is 11.3 Å². The van der Waals surface area contributed by atoms with Crippen LogP contribution in [0.3, 0.4) is 0 Å². The molecule has 1 saturated carbocycles. The highest BCUT2D eigenvalue weighted by Gasteiger charge is 2.29. The van der Waals surface area contributed by atoms with Crippen LogP contribution in [-0.2, 0) is 9.53 Å². The van der Waals surface area contributed by atoms with E-state index in [1.165, 1.54) is 29.2 Å². The highest BCUT2D eigenvalue weighted by Crippen LogP contribution is 2.37. The van der Waals surface area contributed by atoms with Crippen molar-refractivity contribution < 1.29 is 19.2 Å². The van der Waals surface area contributed by atoms with Crippen LogP contribution in [-0.4, -0.2) is 46.4 Å². The zero-order valence-corrected chi connectivity index (χ0v) is 18.5. The molecular weight excluding hydrogens is 426 g/mol. The Morgan fingerprint density at radius 3 is 2.77 bits per heavy atom. The standard InChI is InChI=1S/C20H23N3O5S2/c1-3-28-18(24)8-9-22(11-14-4-5-14)19(25)15-6-7-17(16(10-15)23(26)27)30-20-21-13(2)12-29-20/h6-7,10,12,14H,3-5,8-9,11H2,1-2H3. The lowest BCUT2D eigenvalue weighted by molar-refractivity contribution is -0.387. The fourth-order valence-corrected chi connectivity index (χ4v) is 4.76. The minimum absolute atomic E-state index is 0.103. The molecule has 0 saturated heterocycles. The van der Waals surface area contributed by atoms with Crippen LogP contribution in [0.15, 0.2) is 32.8 Å². The van der Waals surface area contributed by atoms with Crippen LogP contribution in [0.1, 0.15) is 42.2 Å². The second-order valence-corrected chi connectivity index (χ2v) is 9.19. The lowest BCUT2D eigenvalue weighted by Gasteiger charge is -2.22. The summed E-state index contributed by atoms with van der Waals surface area (Å²) in [5.41, 5.74) is 0.968. The second-order valence-electron chi connectivity index (χ2n) is 7.05. The molecule has 160 valence electrons. The molecule has 0 aliphatic heterocycles. The highest BCUT2D eigenvalue weighted by molar-refractivity contribution is 8.01. The van der Waals surface area contributed by atoms with Gasteiger partial charge in [0.1, 0.15) is 0 Å². The summed E-state index contributed by atoms with van der Waals surface area (Å²) in [6, 6.07) is 4.51. The second kappa shape index (κ2) is 10.0. The minimum Gasteiger partial charge on any atom is -0.466 e. The van der Waals surface area contributed by atoms with E-state index in [-0.39, 0.29) is 36.1 Å². The Morgan fingerprint density at radius 2 is 2.17 bits per heavy atom. The summed E-state index contributed by atoms with van der Waals surface area (Å²) in [7, 11) is 0. The summed E-state index contributed by atoms with van der Waals surface area (Å²) < 4.78 is 5.66. The quantitative estimate of drug-likeness (QED) is 0.302. The average molecular weight is 450 g/mol. The molecule has 1 heterocycles. The Balaban J connectivity index is 1.78. The first-order chi connectivity index (χ1) is 14.4. The molecule has 0 atom stereocenters. The highest BCUT2D eigenvalue weighted by atomic mass is 32.2. The molecule has 1 aromatic carbocycles. The third-order valence-electron chi connectivity index (χ3n) is 4.55. The van der Waals surface area contributed by atoms with Gasteiger partial charge in [-0.3, -0.25) is 19.7 Å². The molecule has 1 aliphatic rings. The Kier molecular flexibility index (Phi) is 7.43. The van der Waals surface area contributed by atoms with Gasteiger partial charge in [-0.2, -0.15) is 0 Å². The van der Waals surface area contributed by atoms with E-state index < -0.39 is 4.92 Å². The van der Waals surface area contributed by atoms with E-state index in [2.05, 4.69) is 4.98 Å². The third kappa shape index (κ3) is 6.02. The smallest absolute Gasteiger partial charge is 0.307 e. The van der Waals surface area contributed by atoms with Crippen molar-refractivity contribution in [3.8, 4) is 0 Å². The Bertz CT molecular complexity index is 942. The van der Waals surface area contributed by atoms with Crippen LogP contribution in [0.4, 0.5) is 5.69 Å². The molecular formula is C20H23N3O5S2. The SMILES string of the molecule is CCOC(=O)CCN(CC1CC1)C(=O)c1ccc(Sc2nc(C)cs2)c([N+](=O)[O-])c1. The fourth-order valence-electron chi connectivity index (χ4n) is 2.88. The van der Waals surface area contributed by atoms with Gasteiger partial charge < -0.3 is 9.64 Å². The van der Waals surface area contributed by atoms with Crippen molar-refractivity contribution in [2.45, 2.75) is 42.3 Å². The van der Waals surface area contributed by atoms with Gasteiger partial charge in [0.2, 0.25) is 0 Å². The van der Waals surface area contributed by atoms with Crippen LogP contribution >= 0.6 is 23.1 Å². The van der Waals surface area contributed by atoms with Gasteiger partial charge in [0.25, 0.3) is 11.6 Å². The van der Waals surface area contributed by atoms with Crippen LogP contribution in [0, 0.1) is 23.0 Å². The summed E-state index contributed by atoms with van der Waals surface area (Å²) in [5.74, 6) is -0.243. The topological polar surface area (TPSA) is 103 Å². The van der Waals surface area contributed by atoms with Gasteiger partial charge in [0.15, 0.2) is 4.34 Å². The fraction of sp³-hybridized carbons (Fsp3) is 0.450. The molecule has 3 rings (SSSR count). The number of hydrogen-bond acceptors (Lipinski definition) is 8. The molecule has 0 unspecified atom stereocenters. The predicted octanol–water partition coefficient (Wildman–Crippen LogP) is 4.32. The van der Waals surface area contributed by atoms with Crippen molar-refractivity contribution >= 4 is 40.7 Å². The van der Waals surface area contributed by atoms with Crippen LogP contribution < -0.4 is 0 Å². The molecule has 8 nitrogen and oxygen atoms in total. The number of amides is 1. The average Bonchev–Trinajstić information content (AvgIpc) is 3.44. The Morgan fingerprint density at radius 1 is 1.40 bits per heavy atom. The van der Waals surface area contributed by atoms with E-state index in [4.69, 9.17) is 4.74 Å². The van der Waals surface area contributed by atoms with Crippen molar-refractivity contribution in [1.82, 2.24) is 9.88 Å². The molecule has 1 amide bonds. The monoisotopic (exact) mass is 449 g/mol. The lowest BCUT2D eigenvalue weighted by atomic mass is 10.1. The normalized spacial score (nSPS) is 13.1. The summed E-state index contributed by atoms with van der Waals surface area (Å²) in [4.78, 5) is 42.3. The first-order valence-corrected chi connectivity index (χ1v) is 11.4. The Hall–Kier alpha value is -2.46. The maximum absolute atomic E-state index is 13.1. The molecule has 0 spiro atoms. The number of ether oxygens (including phenoxy) is 1. The summed E-state index contributed by atoms with van der Waals surface area (Å²) in [6.45, 7) is 4.66. The largest absolute Gasteiger partial charge is 0.466 e. The number of aryl methyl sites for hydroxylation is 1. The number of thiazole rings is 1.